The summed E-state index contributed by atoms with van der Waals surface area (Å²) in [6.07, 6.45) is -1.72. The molecule has 0 aromatic carbocycles. The van der Waals surface area contributed by atoms with Crippen LogP contribution in [0.4, 0.5) is 4.39 Å². The Labute approximate surface area is 58.1 Å². The lowest BCUT2D eigenvalue weighted by atomic mass is 10.6. The predicted octanol–water partition coefficient (Wildman–Crippen LogP) is 0.105. The Bertz CT molecular complexity index is 168. The average Bonchev–Trinajstić information content (AvgIpc) is 1.99. The van der Waals surface area contributed by atoms with E-state index in [0.29, 0.717) is 0 Å². The van der Waals surface area contributed by atoms with E-state index in [1.807, 2.05) is 11.8 Å². The molecular formula is C6H7FO3. The van der Waals surface area contributed by atoms with E-state index in [2.05, 4.69) is 9.47 Å². The Balaban J connectivity index is 3.78. The molecule has 4 heteroatoms. The monoisotopic (exact) mass is 146 g/mol. The number of methoxy groups -OCH3 is 2. The third-order valence-electron chi connectivity index (χ3n) is 0.680. The lowest BCUT2D eigenvalue weighted by molar-refractivity contribution is -0.133. The maximum atomic E-state index is 12.0. The summed E-state index contributed by atoms with van der Waals surface area (Å²) < 4.78 is 20.2. The first-order chi connectivity index (χ1) is 4.70. The molecule has 0 aliphatic rings. The molecule has 0 bridgehead atoms. The second-order valence-electron chi connectivity index (χ2n) is 1.31. The summed E-state index contributed by atoms with van der Waals surface area (Å²) in [6, 6.07) is 0. The molecule has 0 aromatic heterocycles. The standard InChI is InChI=1S/C6H7FO3/c1-9-5(7)3-4-6(8)10-2/h5H,1-2H3. The van der Waals surface area contributed by atoms with Crippen molar-refractivity contribution in [3.05, 3.63) is 0 Å². The van der Waals surface area contributed by atoms with Crippen molar-refractivity contribution in [2.45, 2.75) is 6.36 Å². The van der Waals surface area contributed by atoms with E-state index in [9.17, 15) is 9.18 Å². The van der Waals surface area contributed by atoms with Crippen LogP contribution in [0, 0.1) is 11.8 Å². The fourth-order valence-electron chi connectivity index (χ4n) is 0.226. The highest BCUT2D eigenvalue weighted by Crippen LogP contribution is 1.86. The quantitative estimate of drug-likeness (QED) is 0.299. The molecule has 56 valence electrons. The molecule has 0 rings (SSSR count). The Kier molecular flexibility index (Phi) is 4.25. The first kappa shape index (κ1) is 8.92. The van der Waals surface area contributed by atoms with Crippen molar-refractivity contribution in [1.29, 1.82) is 0 Å². The van der Waals surface area contributed by atoms with Crippen molar-refractivity contribution in [2.24, 2.45) is 0 Å². The molecule has 0 spiro atoms. The van der Waals surface area contributed by atoms with E-state index in [-0.39, 0.29) is 0 Å². The van der Waals surface area contributed by atoms with Gasteiger partial charge in [0.1, 0.15) is 0 Å². The SMILES string of the molecule is COC(=O)C#CC(F)OC. The Morgan fingerprint density at radius 3 is 2.60 bits per heavy atom. The number of halogens is 1. The average molecular weight is 146 g/mol. The third-order valence-corrected chi connectivity index (χ3v) is 0.680. The second-order valence-corrected chi connectivity index (χ2v) is 1.31. The van der Waals surface area contributed by atoms with Crippen molar-refractivity contribution in [3.8, 4) is 11.8 Å². The molecular weight excluding hydrogens is 139 g/mol. The van der Waals surface area contributed by atoms with Gasteiger partial charge in [0.2, 0.25) is 0 Å². The number of carbonyl (C=O) groups excluding carboxylic acids is 1. The summed E-state index contributed by atoms with van der Waals surface area (Å²) in [6.45, 7) is 0. The molecule has 10 heavy (non-hydrogen) atoms. The maximum Gasteiger partial charge on any atom is 0.384 e. The van der Waals surface area contributed by atoms with Gasteiger partial charge in [0.15, 0.2) is 0 Å². The zero-order chi connectivity index (χ0) is 7.98. The number of rotatable bonds is 1. The van der Waals surface area contributed by atoms with Crippen LogP contribution >= 0.6 is 0 Å². The number of ether oxygens (including phenoxy) is 2. The Morgan fingerprint density at radius 1 is 1.60 bits per heavy atom. The molecule has 1 atom stereocenters. The van der Waals surface area contributed by atoms with Gasteiger partial charge in [-0.1, -0.05) is 0 Å². The van der Waals surface area contributed by atoms with E-state index >= 15 is 0 Å². The van der Waals surface area contributed by atoms with Gasteiger partial charge in [-0.25, -0.2) is 9.18 Å². The topological polar surface area (TPSA) is 35.5 Å². The van der Waals surface area contributed by atoms with E-state index < -0.39 is 12.3 Å². The fourth-order valence-corrected chi connectivity index (χ4v) is 0.226. The van der Waals surface area contributed by atoms with Gasteiger partial charge in [-0.05, 0) is 5.92 Å². The summed E-state index contributed by atoms with van der Waals surface area (Å²) in [5.41, 5.74) is 0. The molecule has 0 aromatic rings. The zero-order valence-corrected chi connectivity index (χ0v) is 5.68. The van der Waals surface area contributed by atoms with Crippen molar-refractivity contribution in [1.82, 2.24) is 0 Å². The van der Waals surface area contributed by atoms with Gasteiger partial charge in [0, 0.05) is 13.0 Å². The summed E-state index contributed by atoms with van der Waals surface area (Å²) >= 11 is 0. The van der Waals surface area contributed by atoms with Crippen LogP contribution in [0.15, 0.2) is 0 Å². The highest BCUT2D eigenvalue weighted by Gasteiger charge is 1.96. The Hall–Kier alpha value is -1.08. The first-order valence-corrected chi connectivity index (χ1v) is 2.47. The van der Waals surface area contributed by atoms with E-state index in [1.54, 1.807) is 0 Å². The smallest absolute Gasteiger partial charge is 0.384 e. The van der Waals surface area contributed by atoms with Gasteiger partial charge in [-0.15, -0.1) is 0 Å². The lowest BCUT2D eigenvalue weighted by Crippen LogP contribution is -2.01. The largest absolute Gasteiger partial charge is 0.459 e. The molecule has 0 aliphatic heterocycles. The van der Waals surface area contributed by atoms with Crippen molar-refractivity contribution < 1.29 is 18.7 Å². The number of hydrogen-bond acceptors (Lipinski definition) is 3. The molecule has 1 unspecified atom stereocenters. The molecule has 0 fully saturated rings. The zero-order valence-electron chi connectivity index (χ0n) is 5.68. The van der Waals surface area contributed by atoms with Crippen LogP contribution in [0.2, 0.25) is 0 Å². The summed E-state index contributed by atoms with van der Waals surface area (Å²) in [4.78, 5) is 10.2. The highest BCUT2D eigenvalue weighted by atomic mass is 19.1. The lowest BCUT2D eigenvalue weighted by Gasteiger charge is -1.92. The second kappa shape index (κ2) is 4.77. The molecule has 0 saturated carbocycles. The van der Waals surface area contributed by atoms with Crippen LogP contribution in [0.3, 0.4) is 0 Å². The first-order valence-electron chi connectivity index (χ1n) is 2.47. The molecule has 0 heterocycles. The van der Waals surface area contributed by atoms with Gasteiger partial charge < -0.3 is 9.47 Å². The van der Waals surface area contributed by atoms with Crippen LogP contribution in [-0.2, 0) is 14.3 Å². The van der Waals surface area contributed by atoms with Gasteiger partial charge in [-0.2, -0.15) is 0 Å². The molecule has 0 saturated heterocycles. The van der Waals surface area contributed by atoms with Gasteiger partial charge in [0.05, 0.1) is 7.11 Å². The van der Waals surface area contributed by atoms with E-state index in [0.717, 1.165) is 14.2 Å². The van der Waals surface area contributed by atoms with Crippen molar-refractivity contribution in [2.75, 3.05) is 14.2 Å². The molecule has 0 amide bonds. The Morgan fingerprint density at radius 2 is 2.20 bits per heavy atom. The summed E-state index contributed by atoms with van der Waals surface area (Å²) in [5, 5.41) is 0. The van der Waals surface area contributed by atoms with Crippen LogP contribution in [0.1, 0.15) is 0 Å². The minimum Gasteiger partial charge on any atom is -0.459 e. The number of carbonyl (C=O) groups is 1. The molecule has 0 aliphatic carbocycles. The van der Waals surface area contributed by atoms with E-state index in [1.165, 1.54) is 0 Å². The normalized spacial score (nSPS) is 11.1. The number of alkyl halides is 1. The van der Waals surface area contributed by atoms with Gasteiger partial charge >= 0.3 is 5.97 Å². The van der Waals surface area contributed by atoms with E-state index in [4.69, 9.17) is 0 Å². The molecule has 0 N–H and O–H groups in total. The predicted molar refractivity (Wildman–Crippen MR) is 31.7 cm³/mol. The van der Waals surface area contributed by atoms with Crippen LogP contribution in [-0.4, -0.2) is 26.5 Å². The maximum absolute atomic E-state index is 12.0. The van der Waals surface area contributed by atoms with Crippen molar-refractivity contribution in [3.63, 3.8) is 0 Å². The van der Waals surface area contributed by atoms with Crippen molar-refractivity contribution >= 4 is 5.97 Å². The van der Waals surface area contributed by atoms with Gasteiger partial charge in [0.25, 0.3) is 6.36 Å². The minimum absolute atomic E-state index is 0.778. The van der Waals surface area contributed by atoms with Crippen LogP contribution < -0.4 is 0 Å². The number of esters is 1. The van der Waals surface area contributed by atoms with Crippen LogP contribution in [0.25, 0.3) is 0 Å². The van der Waals surface area contributed by atoms with Crippen LogP contribution in [0.5, 0.6) is 0 Å². The fraction of sp³-hybridized carbons (Fsp3) is 0.500. The van der Waals surface area contributed by atoms with Gasteiger partial charge in [-0.3, -0.25) is 0 Å². The summed E-state index contributed by atoms with van der Waals surface area (Å²) in [7, 11) is 2.31. The minimum atomic E-state index is -1.72. The third kappa shape index (κ3) is 3.87. The number of hydrogen-bond donors (Lipinski definition) is 0. The summed E-state index contributed by atoms with van der Waals surface area (Å²) in [5.74, 6) is 2.96. The molecule has 3 nitrogen and oxygen atoms in total. The molecule has 0 radical (unpaired) electrons. The highest BCUT2D eigenvalue weighted by molar-refractivity contribution is 5.88.